The molecule has 0 aliphatic rings. The van der Waals surface area contributed by atoms with Crippen LogP contribution in [0.2, 0.25) is 0 Å². The van der Waals surface area contributed by atoms with Gasteiger partial charge in [-0.2, -0.15) is 0 Å². The molecule has 6 nitrogen and oxygen atoms in total. The van der Waals surface area contributed by atoms with Crippen molar-refractivity contribution in [1.29, 1.82) is 0 Å². The predicted molar refractivity (Wildman–Crippen MR) is 72.3 cm³/mol. The van der Waals surface area contributed by atoms with E-state index in [0.29, 0.717) is 11.1 Å². The first-order valence-electron chi connectivity index (χ1n) is 5.67. The number of carboxylic acids is 1. The van der Waals surface area contributed by atoms with Gasteiger partial charge in [0.05, 0.1) is 0 Å². The van der Waals surface area contributed by atoms with Crippen molar-refractivity contribution in [3.05, 3.63) is 41.7 Å². The Morgan fingerprint density at radius 2 is 1.85 bits per heavy atom. The highest BCUT2D eigenvalue weighted by molar-refractivity contribution is 7.90. The van der Waals surface area contributed by atoms with Crippen molar-refractivity contribution in [3.8, 4) is 11.1 Å². The average molecular weight is 292 g/mol. The summed E-state index contributed by atoms with van der Waals surface area (Å²) in [5.41, 5.74) is 1.48. The minimum Gasteiger partial charge on any atom is -0.476 e. The molecular formula is C13H12N2O4S. The normalized spacial score (nSPS) is 11.3. The summed E-state index contributed by atoms with van der Waals surface area (Å²) in [5, 5.41) is 8.73. The largest absolute Gasteiger partial charge is 0.476 e. The van der Waals surface area contributed by atoms with E-state index < -0.39 is 21.0 Å². The molecule has 0 amide bonds. The van der Waals surface area contributed by atoms with E-state index in [-0.39, 0.29) is 5.69 Å². The SMILES string of the molecule is Cc1ccccc1-c1cnc(S(C)(=O)=O)nc1C(=O)O. The Hall–Kier alpha value is -2.28. The van der Waals surface area contributed by atoms with Crippen LogP contribution in [0.25, 0.3) is 11.1 Å². The number of rotatable bonds is 3. The lowest BCUT2D eigenvalue weighted by atomic mass is 10.0. The van der Waals surface area contributed by atoms with Crippen LogP contribution in [-0.4, -0.2) is 35.7 Å². The summed E-state index contributed by atoms with van der Waals surface area (Å²) in [6.07, 6.45) is 2.16. The number of hydrogen-bond acceptors (Lipinski definition) is 5. The van der Waals surface area contributed by atoms with Gasteiger partial charge in [-0.3, -0.25) is 0 Å². The molecule has 20 heavy (non-hydrogen) atoms. The van der Waals surface area contributed by atoms with Gasteiger partial charge in [0.15, 0.2) is 5.69 Å². The fourth-order valence-electron chi connectivity index (χ4n) is 1.78. The zero-order valence-electron chi connectivity index (χ0n) is 10.9. The van der Waals surface area contributed by atoms with Crippen LogP contribution in [0.5, 0.6) is 0 Å². The molecule has 0 bridgehead atoms. The third kappa shape index (κ3) is 2.67. The summed E-state index contributed by atoms with van der Waals surface area (Å²) in [6, 6.07) is 7.15. The molecule has 7 heteroatoms. The van der Waals surface area contributed by atoms with Gasteiger partial charge < -0.3 is 5.11 Å². The number of sulfone groups is 1. The fraction of sp³-hybridized carbons (Fsp3) is 0.154. The average Bonchev–Trinajstić information content (AvgIpc) is 2.37. The first-order chi connectivity index (χ1) is 9.30. The number of benzene rings is 1. The van der Waals surface area contributed by atoms with E-state index >= 15 is 0 Å². The monoisotopic (exact) mass is 292 g/mol. The summed E-state index contributed by atoms with van der Waals surface area (Å²) in [6.45, 7) is 1.82. The summed E-state index contributed by atoms with van der Waals surface area (Å²) < 4.78 is 22.8. The van der Waals surface area contributed by atoms with Crippen LogP contribution in [0, 0.1) is 6.92 Å². The molecule has 0 fully saturated rings. The summed E-state index contributed by atoms with van der Waals surface area (Å²) in [5.74, 6) is -1.30. The quantitative estimate of drug-likeness (QED) is 0.862. The smallest absolute Gasteiger partial charge is 0.355 e. The fourth-order valence-corrected chi connectivity index (χ4v) is 2.28. The van der Waals surface area contributed by atoms with Gasteiger partial charge in [0.2, 0.25) is 15.0 Å². The lowest BCUT2D eigenvalue weighted by Crippen LogP contribution is -2.11. The van der Waals surface area contributed by atoms with Gasteiger partial charge in [-0.1, -0.05) is 24.3 Å². The molecule has 0 unspecified atom stereocenters. The number of carboxylic acid groups (broad SMARTS) is 1. The van der Waals surface area contributed by atoms with Gasteiger partial charge in [-0.25, -0.2) is 23.2 Å². The third-order valence-corrected chi connectivity index (χ3v) is 3.60. The van der Waals surface area contributed by atoms with Crippen LogP contribution in [0.3, 0.4) is 0 Å². The second kappa shape index (κ2) is 5.01. The molecule has 104 valence electrons. The van der Waals surface area contributed by atoms with Crippen molar-refractivity contribution in [3.63, 3.8) is 0 Å². The van der Waals surface area contributed by atoms with Crippen LogP contribution in [0.1, 0.15) is 16.1 Å². The van der Waals surface area contributed by atoms with E-state index in [0.717, 1.165) is 11.8 Å². The molecule has 1 N–H and O–H groups in total. The summed E-state index contributed by atoms with van der Waals surface area (Å²) >= 11 is 0. The molecule has 0 saturated heterocycles. The number of aromatic nitrogens is 2. The molecule has 0 radical (unpaired) electrons. The van der Waals surface area contributed by atoms with E-state index in [9.17, 15) is 18.3 Å². The Balaban J connectivity index is 2.73. The Labute approximate surface area is 116 Å². The number of carbonyl (C=O) groups is 1. The molecule has 1 aromatic heterocycles. The minimum atomic E-state index is -3.65. The molecule has 0 aliphatic heterocycles. The first-order valence-corrected chi connectivity index (χ1v) is 7.56. The zero-order valence-corrected chi connectivity index (χ0v) is 11.7. The van der Waals surface area contributed by atoms with Crippen LogP contribution >= 0.6 is 0 Å². The van der Waals surface area contributed by atoms with Crippen molar-refractivity contribution in [1.82, 2.24) is 9.97 Å². The Morgan fingerprint density at radius 1 is 1.20 bits per heavy atom. The molecule has 1 aromatic carbocycles. The van der Waals surface area contributed by atoms with Crippen LogP contribution in [0.15, 0.2) is 35.6 Å². The van der Waals surface area contributed by atoms with Crippen molar-refractivity contribution >= 4 is 15.8 Å². The number of hydrogen-bond donors (Lipinski definition) is 1. The first kappa shape index (κ1) is 14.1. The second-order valence-corrected chi connectivity index (χ2v) is 6.22. The molecule has 2 rings (SSSR count). The Bertz CT molecular complexity index is 785. The number of aromatic carboxylic acids is 1. The van der Waals surface area contributed by atoms with Crippen molar-refractivity contribution in [2.75, 3.05) is 6.26 Å². The standard InChI is InChI=1S/C13H12N2O4S/c1-8-5-3-4-6-9(8)10-7-14-13(20(2,18)19)15-11(10)12(16)17/h3-7H,1-2H3,(H,16,17). The van der Waals surface area contributed by atoms with Crippen molar-refractivity contribution in [2.24, 2.45) is 0 Å². The second-order valence-electron chi connectivity index (χ2n) is 4.31. The summed E-state index contributed by atoms with van der Waals surface area (Å²) in [4.78, 5) is 18.7. The van der Waals surface area contributed by atoms with E-state index in [1.54, 1.807) is 12.1 Å². The van der Waals surface area contributed by atoms with Gasteiger partial charge in [0.25, 0.3) is 0 Å². The highest BCUT2D eigenvalue weighted by Crippen LogP contribution is 2.25. The maximum atomic E-state index is 11.4. The maximum absolute atomic E-state index is 11.4. The van der Waals surface area contributed by atoms with E-state index in [4.69, 9.17) is 0 Å². The lowest BCUT2D eigenvalue weighted by Gasteiger charge is -2.09. The molecule has 0 aliphatic carbocycles. The van der Waals surface area contributed by atoms with Gasteiger partial charge >= 0.3 is 5.97 Å². The highest BCUT2D eigenvalue weighted by Gasteiger charge is 2.20. The maximum Gasteiger partial charge on any atom is 0.355 e. The topological polar surface area (TPSA) is 97.2 Å². The molecule has 0 saturated carbocycles. The molecule has 2 aromatic rings. The van der Waals surface area contributed by atoms with Gasteiger partial charge in [-0.05, 0) is 18.1 Å². The van der Waals surface area contributed by atoms with E-state index in [2.05, 4.69) is 9.97 Å². The third-order valence-electron chi connectivity index (χ3n) is 2.74. The predicted octanol–water partition coefficient (Wildman–Crippen LogP) is 1.55. The van der Waals surface area contributed by atoms with Crippen LogP contribution in [0.4, 0.5) is 0 Å². The molecular weight excluding hydrogens is 280 g/mol. The van der Waals surface area contributed by atoms with Crippen molar-refractivity contribution < 1.29 is 18.3 Å². The van der Waals surface area contributed by atoms with Gasteiger partial charge in [-0.15, -0.1) is 0 Å². The van der Waals surface area contributed by atoms with E-state index in [1.807, 2.05) is 19.1 Å². The Kier molecular flexibility index (Phi) is 3.54. The van der Waals surface area contributed by atoms with Crippen molar-refractivity contribution in [2.45, 2.75) is 12.1 Å². The molecule has 0 atom stereocenters. The molecule has 0 spiro atoms. The number of nitrogens with zero attached hydrogens (tertiary/aromatic N) is 2. The van der Waals surface area contributed by atoms with Gasteiger partial charge in [0.1, 0.15) is 0 Å². The summed E-state index contributed by atoms with van der Waals surface area (Å²) in [7, 11) is -3.65. The van der Waals surface area contributed by atoms with Crippen LogP contribution in [-0.2, 0) is 9.84 Å². The van der Waals surface area contributed by atoms with E-state index in [1.165, 1.54) is 6.20 Å². The highest BCUT2D eigenvalue weighted by atomic mass is 32.2. The zero-order chi connectivity index (χ0) is 14.9. The molecule has 1 heterocycles. The van der Waals surface area contributed by atoms with Crippen LogP contribution < -0.4 is 0 Å². The minimum absolute atomic E-state index is 0.294. The number of aryl methyl sites for hydroxylation is 1. The van der Waals surface area contributed by atoms with Gasteiger partial charge in [0, 0.05) is 18.0 Å². The Morgan fingerprint density at radius 3 is 2.40 bits per heavy atom. The lowest BCUT2D eigenvalue weighted by molar-refractivity contribution is 0.0690.